The van der Waals surface area contributed by atoms with Gasteiger partial charge in [0.1, 0.15) is 0 Å². The molecule has 0 bridgehead atoms. The smallest absolute Gasteiger partial charge is 0.317 e. The Morgan fingerprint density at radius 2 is 2.12 bits per heavy atom. The van der Waals surface area contributed by atoms with Gasteiger partial charge in [-0.2, -0.15) is 5.26 Å². The number of morpholine rings is 1. The number of anilines is 1. The first-order valence-electron chi connectivity index (χ1n) is 8.60. The number of amides is 2. The van der Waals surface area contributed by atoms with Crippen LogP contribution in [0.2, 0.25) is 0 Å². The zero-order valence-corrected chi connectivity index (χ0v) is 13.9. The molecule has 128 valence electrons. The van der Waals surface area contributed by atoms with Crippen LogP contribution in [0.4, 0.5) is 10.5 Å². The van der Waals surface area contributed by atoms with Crippen LogP contribution in [0.25, 0.3) is 0 Å². The molecular weight excluding hydrogens is 304 g/mol. The van der Waals surface area contributed by atoms with Crippen molar-refractivity contribution >= 4 is 11.7 Å². The summed E-state index contributed by atoms with van der Waals surface area (Å²) in [4.78, 5) is 16.4. The quantitative estimate of drug-likeness (QED) is 0.919. The third-order valence-corrected chi connectivity index (χ3v) is 4.68. The van der Waals surface area contributed by atoms with Gasteiger partial charge in [0.2, 0.25) is 0 Å². The fourth-order valence-electron chi connectivity index (χ4n) is 3.36. The molecule has 1 aromatic carbocycles. The Morgan fingerprint density at radius 3 is 2.92 bits per heavy atom. The van der Waals surface area contributed by atoms with Crippen LogP contribution in [0.3, 0.4) is 0 Å². The maximum atomic E-state index is 12.3. The minimum Gasteiger partial charge on any atom is -0.371 e. The number of carbonyl (C=O) groups excluding carboxylic acids is 1. The highest BCUT2D eigenvalue weighted by atomic mass is 16.5. The Bertz CT molecular complexity index is 586. The molecule has 2 atom stereocenters. The molecule has 6 heteroatoms. The van der Waals surface area contributed by atoms with E-state index in [0.29, 0.717) is 32.2 Å². The van der Waals surface area contributed by atoms with Gasteiger partial charge in [-0.1, -0.05) is 18.2 Å². The van der Waals surface area contributed by atoms with E-state index in [2.05, 4.69) is 40.6 Å². The van der Waals surface area contributed by atoms with E-state index in [9.17, 15) is 4.79 Å². The third-order valence-electron chi connectivity index (χ3n) is 4.68. The summed E-state index contributed by atoms with van der Waals surface area (Å²) in [6.45, 7) is 4.04. The van der Waals surface area contributed by atoms with Gasteiger partial charge in [-0.25, -0.2) is 4.79 Å². The summed E-state index contributed by atoms with van der Waals surface area (Å²) >= 11 is 0. The Morgan fingerprint density at radius 1 is 1.29 bits per heavy atom. The second-order valence-electron chi connectivity index (χ2n) is 6.41. The fraction of sp³-hybridized carbons (Fsp3) is 0.556. The summed E-state index contributed by atoms with van der Waals surface area (Å²) < 4.78 is 5.28. The van der Waals surface area contributed by atoms with E-state index in [1.165, 1.54) is 5.69 Å². The largest absolute Gasteiger partial charge is 0.371 e. The molecule has 2 aliphatic heterocycles. The molecule has 2 fully saturated rings. The van der Waals surface area contributed by atoms with Gasteiger partial charge in [-0.05, 0) is 30.9 Å². The first kappa shape index (κ1) is 16.6. The monoisotopic (exact) mass is 328 g/mol. The van der Waals surface area contributed by atoms with Crippen LogP contribution in [0.15, 0.2) is 30.3 Å². The van der Waals surface area contributed by atoms with Gasteiger partial charge in [-0.15, -0.1) is 0 Å². The molecule has 6 nitrogen and oxygen atoms in total. The minimum absolute atomic E-state index is 0.0876. The second-order valence-corrected chi connectivity index (χ2v) is 6.41. The lowest BCUT2D eigenvalue weighted by molar-refractivity contribution is 0.0156. The van der Waals surface area contributed by atoms with Crippen LogP contribution < -0.4 is 10.2 Å². The summed E-state index contributed by atoms with van der Waals surface area (Å²) in [7, 11) is 0. The Labute approximate surface area is 143 Å². The molecule has 1 aromatic rings. The highest BCUT2D eigenvalue weighted by molar-refractivity contribution is 5.74. The molecule has 24 heavy (non-hydrogen) atoms. The van der Waals surface area contributed by atoms with E-state index in [-0.39, 0.29) is 6.03 Å². The Kier molecular flexibility index (Phi) is 5.55. The van der Waals surface area contributed by atoms with Crippen LogP contribution in [-0.4, -0.2) is 56.4 Å². The van der Waals surface area contributed by atoms with Gasteiger partial charge in [0, 0.05) is 31.9 Å². The van der Waals surface area contributed by atoms with Crippen molar-refractivity contribution in [3.63, 3.8) is 0 Å². The number of piperidine rings is 1. The van der Waals surface area contributed by atoms with Crippen molar-refractivity contribution in [3.8, 4) is 6.07 Å². The number of urea groups is 1. The van der Waals surface area contributed by atoms with Crippen molar-refractivity contribution < 1.29 is 9.53 Å². The van der Waals surface area contributed by atoms with Crippen molar-refractivity contribution in [3.05, 3.63) is 30.3 Å². The molecule has 0 saturated carbocycles. The SMILES string of the molecule is N#CC1CN(C(=O)NCC2CCCN(c3ccccc3)C2)CCO1. The van der Waals surface area contributed by atoms with E-state index in [0.717, 1.165) is 25.9 Å². The summed E-state index contributed by atoms with van der Waals surface area (Å²) in [6.07, 6.45) is 1.77. The molecule has 0 spiro atoms. The van der Waals surface area contributed by atoms with Gasteiger partial charge >= 0.3 is 6.03 Å². The van der Waals surface area contributed by atoms with Gasteiger partial charge in [0.05, 0.1) is 19.2 Å². The highest BCUT2D eigenvalue weighted by Crippen LogP contribution is 2.22. The first-order valence-corrected chi connectivity index (χ1v) is 8.60. The lowest BCUT2D eigenvalue weighted by Crippen LogP contribution is -2.51. The number of rotatable bonds is 3. The zero-order chi connectivity index (χ0) is 16.8. The molecule has 0 radical (unpaired) electrons. The van der Waals surface area contributed by atoms with Crippen LogP contribution >= 0.6 is 0 Å². The topological polar surface area (TPSA) is 68.6 Å². The van der Waals surface area contributed by atoms with E-state index >= 15 is 0 Å². The standard InChI is InChI=1S/C18H24N4O2/c19-11-17-14-22(9-10-24-17)18(23)20-12-15-5-4-8-21(13-15)16-6-2-1-3-7-16/h1-3,6-7,15,17H,4-5,8-10,12-14H2,(H,20,23). The molecule has 3 rings (SSSR count). The number of ether oxygens (including phenoxy) is 1. The summed E-state index contributed by atoms with van der Waals surface area (Å²) in [5.41, 5.74) is 1.25. The molecule has 2 unspecified atom stereocenters. The maximum Gasteiger partial charge on any atom is 0.317 e. The number of benzene rings is 1. The average Bonchev–Trinajstić information content (AvgIpc) is 2.67. The molecular formula is C18H24N4O2. The molecule has 2 heterocycles. The summed E-state index contributed by atoms with van der Waals surface area (Å²) in [5.74, 6) is 0.454. The average molecular weight is 328 g/mol. The van der Waals surface area contributed by atoms with E-state index in [4.69, 9.17) is 10.00 Å². The second kappa shape index (κ2) is 8.02. The predicted octanol–water partition coefficient (Wildman–Crippen LogP) is 1.84. The Hall–Kier alpha value is -2.26. The Balaban J connectivity index is 1.47. The van der Waals surface area contributed by atoms with Gasteiger partial charge in [-0.3, -0.25) is 0 Å². The summed E-state index contributed by atoms with van der Waals surface area (Å²) in [5, 5.41) is 12.0. The van der Waals surface area contributed by atoms with E-state index in [1.807, 2.05) is 6.07 Å². The number of nitriles is 1. The maximum absolute atomic E-state index is 12.3. The highest BCUT2D eigenvalue weighted by Gasteiger charge is 2.25. The van der Waals surface area contributed by atoms with Gasteiger partial charge in [0.15, 0.2) is 6.10 Å². The summed E-state index contributed by atoms with van der Waals surface area (Å²) in [6, 6.07) is 12.4. The number of carbonyl (C=O) groups is 1. The molecule has 2 saturated heterocycles. The number of hydrogen-bond donors (Lipinski definition) is 1. The third kappa shape index (κ3) is 4.18. The van der Waals surface area contributed by atoms with E-state index in [1.54, 1.807) is 4.90 Å². The number of nitrogens with one attached hydrogen (secondary N) is 1. The number of para-hydroxylation sites is 1. The van der Waals surface area contributed by atoms with Crippen molar-refractivity contribution in [2.45, 2.75) is 18.9 Å². The fourth-order valence-corrected chi connectivity index (χ4v) is 3.36. The molecule has 1 N–H and O–H groups in total. The van der Waals surface area contributed by atoms with Gasteiger partial charge < -0.3 is 19.9 Å². The van der Waals surface area contributed by atoms with E-state index < -0.39 is 6.10 Å². The van der Waals surface area contributed by atoms with Crippen LogP contribution in [0.5, 0.6) is 0 Å². The van der Waals surface area contributed by atoms with Crippen LogP contribution in [-0.2, 0) is 4.74 Å². The van der Waals surface area contributed by atoms with Gasteiger partial charge in [0.25, 0.3) is 0 Å². The zero-order valence-electron chi connectivity index (χ0n) is 13.9. The molecule has 0 aromatic heterocycles. The molecule has 2 aliphatic rings. The number of hydrogen-bond acceptors (Lipinski definition) is 4. The van der Waals surface area contributed by atoms with Crippen molar-refractivity contribution in [1.29, 1.82) is 5.26 Å². The van der Waals surface area contributed by atoms with Crippen molar-refractivity contribution in [1.82, 2.24) is 10.2 Å². The van der Waals surface area contributed by atoms with Crippen molar-refractivity contribution in [2.75, 3.05) is 44.2 Å². The van der Waals surface area contributed by atoms with Crippen molar-refractivity contribution in [2.24, 2.45) is 5.92 Å². The normalized spacial score (nSPS) is 24.3. The molecule has 0 aliphatic carbocycles. The predicted molar refractivity (Wildman–Crippen MR) is 91.7 cm³/mol. The van der Waals surface area contributed by atoms with Crippen LogP contribution in [0, 0.1) is 17.2 Å². The lowest BCUT2D eigenvalue weighted by Gasteiger charge is -2.35. The lowest BCUT2D eigenvalue weighted by atomic mass is 9.97. The first-order chi connectivity index (χ1) is 11.8. The number of nitrogens with zero attached hydrogens (tertiary/aromatic N) is 3. The van der Waals surface area contributed by atoms with Crippen LogP contribution in [0.1, 0.15) is 12.8 Å². The molecule has 2 amide bonds. The minimum atomic E-state index is -0.507.